The molecular formula is C17H21F3N2O2. The van der Waals surface area contributed by atoms with E-state index >= 15 is 0 Å². The van der Waals surface area contributed by atoms with Gasteiger partial charge in [-0.3, -0.25) is 9.59 Å². The second-order valence-corrected chi connectivity index (χ2v) is 6.29. The molecule has 0 heterocycles. The van der Waals surface area contributed by atoms with Gasteiger partial charge in [0.05, 0.1) is 0 Å². The van der Waals surface area contributed by atoms with Crippen LogP contribution in [0.3, 0.4) is 0 Å². The van der Waals surface area contributed by atoms with Crippen molar-refractivity contribution in [2.45, 2.75) is 31.4 Å². The maximum absolute atomic E-state index is 12.8. The molecule has 0 aliphatic heterocycles. The van der Waals surface area contributed by atoms with E-state index in [1.807, 2.05) is 24.3 Å². The molecule has 24 heavy (non-hydrogen) atoms. The Morgan fingerprint density at radius 3 is 2.46 bits per heavy atom. The molecule has 0 aromatic heterocycles. The van der Waals surface area contributed by atoms with Gasteiger partial charge in [0.25, 0.3) is 0 Å². The van der Waals surface area contributed by atoms with Crippen molar-refractivity contribution in [1.29, 1.82) is 0 Å². The molecule has 2 amide bonds. The average molecular weight is 342 g/mol. The SMILES string of the molecule is CN(C)C(=O)CN(CC(F)(F)F)C(=O)C[C@H]1CCc2ccccc21. The predicted octanol–water partition coefficient (Wildman–Crippen LogP) is 2.59. The first-order valence-corrected chi connectivity index (χ1v) is 7.80. The summed E-state index contributed by atoms with van der Waals surface area (Å²) in [5, 5.41) is 0. The summed E-state index contributed by atoms with van der Waals surface area (Å²) in [6.45, 7) is -1.96. The number of nitrogens with zero attached hydrogens (tertiary/aromatic N) is 2. The van der Waals surface area contributed by atoms with Gasteiger partial charge in [0, 0.05) is 20.5 Å². The van der Waals surface area contributed by atoms with Gasteiger partial charge in [-0.15, -0.1) is 0 Å². The van der Waals surface area contributed by atoms with Crippen LogP contribution in [-0.2, 0) is 16.0 Å². The smallest absolute Gasteiger partial charge is 0.347 e. The Morgan fingerprint density at radius 2 is 1.83 bits per heavy atom. The van der Waals surface area contributed by atoms with Crippen LogP contribution in [0.2, 0.25) is 0 Å². The second-order valence-electron chi connectivity index (χ2n) is 6.29. The number of hydrogen-bond donors (Lipinski definition) is 0. The minimum atomic E-state index is -4.53. The topological polar surface area (TPSA) is 40.6 Å². The van der Waals surface area contributed by atoms with Gasteiger partial charge in [0.1, 0.15) is 13.1 Å². The highest BCUT2D eigenvalue weighted by Gasteiger charge is 2.35. The molecule has 0 N–H and O–H groups in total. The highest BCUT2D eigenvalue weighted by Crippen LogP contribution is 2.35. The van der Waals surface area contributed by atoms with Gasteiger partial charge in [0.2, 0.25) is 11.8 Å². The Hall–Kier alpha value is -2.05. The van der Waals surface area contributed by atoms with Crippen molar-refractivity contribution >= 4 is 11.8 Å². The van der Waals surface area contributed by atoms with Gasteiger partial charge in [-0.2, -0.15) is 13.2 Å². The first-order valence-electron chi connectivity index (χ1n) is 7.80. The zero-order chi connectivity index (χ0) is 17.9. The van der Waals surface area contributed by atoms with E-state index in [0.29, 0.717) is 4.90 Å². The minimum absolute atomic E-state index is 0.00615. The second kappa shape index (κ2) is 7.23. The summed E-state index contributed by atoms with van der Waals surface area (Å²) < 4.78 is 38.3. The summed E-state index contributed by atoms with van der Waals surface area (Å²) in [7, 11) is 2.90. The maximum Gasteiger partial charge on any atom is 0.406 e. The normalized spacial score (nSPS) is 16.6. The van der Waals surface area contributed by atoms with E-state index in [9.17, 15) is 22.8 Å². The Kier molecular flexibility index (Phi) is 5.51. The fraction of sp³-hybridized carbons (Fsp3) is 0.529. The molecule has 1 atom stereocenters. The Morgan fingerprint density at radius 1 is 1.17 bits per heavy atom. The molecule has 1 aliphatic carbocycles. The summed E-state index contributed by atoms with van der Waals surface area (Å²) in [5.74, 6) is -1.25. The zero-order valence-corrected chi connectivity index (χ0v) is 13.8. The average Bonchev–Trinajstić information content (AvgIpc) is 2.88. The van der Waals surface area contributed by atoms with Crippen LogP contribution in [0.1, 0.15) is 29.9 Å². The van der Waals surface area contributed by atoms with Crippen LogP contribution in [-0.4, -0.2) is 55.0 Å². The molecule has 0 fully saturated rings. The first kappa shape index (κ1) is 18.3. The van der Waals surface area contributed by atoms with Crippen LogP contribution < -0.4 is 0 Å². The van der Waals surface area contributed by atoms with Crippen LogP contribution in [0.15, 0.2) is 24.3 Å². The van der Waals surface area contributed by atoms with E-state index in [1.54, 1.807) is 0 Å². The van der Waals surface area contributed by atoms with Crippen LogP contribution in [0.5, 0.6) is 0 Å². The van der Waals surface area contributed by atoms with E-state index in [4.69, 9.17) is 0 Å². The number of halogens is 3. The summed E-state index contributed by atoms with van der Waals surface area (Å²) in [6, 6.07) is 7.67. The lowest BCUT2D eigenvalue weighted by Gasteiger charge is -2.26. The lowest BCUT2D eigenvalue weighted by atomic mass is 9.97. The van der Waals surface area contributed by atoms with Crippen molar-refractivity contribution in [3.05, 3.63) is 35.4 Å². The van der Waals surface area contributed by atoms with Gasteiger partial charge >= 0.3 is 6.18 Å². The third-order valence-electron chi connectivity index (χ3n) is 4.23. The van der Waals surface area contributed by atoms with Crippen molar-refractivity contribution < 1.29 is 22.8 Å². The molecular weight excluding hydrogens is 321 g/mol. The Labute approximate surface area is 139 Å². The molecule has 1 aromatic carbocycles. The summed E-state index contributed by atoms with van der Waals surface area (Å²) in [4.78, 5) is 25.9. The number of rotatable bonds is 5. The van der Waals surface area contributed by atoms with Crippen molar-refractivity contribution in [1.82, 2.24) is 9.80 Å². The molecule has 0 bridgehead atoms. The number of alkyl halides is 3. The molecule has 0 saturated carbocycles. The van der Waals surface area contributed by atoms with Crippen LogP contribution >= 0.6 is 0 Å². The largest absolute Gasteiger partial charge is 0.406 e. The lowest BCUT2D eigenvalue weighted by molar-refractivity contribution is -0.164. The number of benzene rings is 1. The third kappa shape index (κ3) is 4.72. The van der Waals surface area contributed by atoms with E-state index in [1.165, 1.54) is 19.0 Å². The van der Waals surface area contributed by atoms with E-state index in [0.717, 1.165) is 24.0 Å². The number of fused-ring (bicyclic) bond motifs is 1. The fourth-order valence-electron chi connectivity index (χ4n) is 2.95. The molecule has 4 nitrogen and oxygen atoms in total. The van der Waals surface area contributed by atoms with Gasteiger partial charge in [-0.25, -0.2) is 0 Å². The molecule has 7 heteroatoms. The molecule has 0 radical (unpaired) electrons. The predicted molar refractivity (Wildman–Crippen MR) is 83.5 cm³/mol. The van der Waals surface area contributed by atoms with E-state index < -0.39 is 31.1 Å². The lowest BCUT2D eigenvalue weighted by Crippen LogP contribution is -2.45. The molecule has 2 rings (SSSR count). The number of hydrogen-bond acceptors (Lipinski definition) is 2. The standard InChI is InChI=1S/C17H21F3N2O2/c1-21(2)16(24)10-22(11-17(18,19)20)15(23)9-13-8-7-12-5-3-4-6-14(12)13/h3-6,13H,7-11H2,1-2H3/t13-/m1/s1. The summed E-state index contributed by atoms with van der Waals surface area (Å²) >= 11 is 0. The Balaban J connectivity index is 2.09. The van der Waals surface area contributed by atoms with Gasteiger partial charge < -0.3 is 9.80 Å². The molecule has 0 saturated heterocycles. The number of aryl methyl sites for hydroxylation is 1. The van der Waals surface area contributed by atoms with Crippen LogP contribution in [0.4, 0.5) is 13.2 Å². The quantitative estimate of drug-likeness (QED) is 0.825. The Bertz CT molecular complexity index is 614. The number of amides is 2. The van der Waals surface area contributed by atoms with Crippen molar-refractivity contribution in [3.63, 3.8) is 0 Å². The zero-order valence-electron chi connectivity index (χ0n) is 13.8. The van der Waals surface area contributed by atoms with E-state index in [-0.39, 0.29) is 12.3 Å². The molecule has 132 valence electrons. The highest BCUT2D eigenvalue weighted by molar-refractivity contribution is 5.85. The van der Waals surface area contributed by atoms with Gasteiger partial charge in [-0.1, -0.05) is 24.3 Å². The monoisotopic (exact) mass is 342 g/mol. The molecule has 1 aromatic rings. The van der Waals surface area contributed by atoms with E-state index in [2.05, 4.69) is 0 Å². The highest BCUT2D eigenvalue weighted by atomic mass is 19.4. The molecule has 0 unspecified atom stereocenters. The summed E-state index contributed by atoms with van der Waals surface area (Å²) in [5.41, 5.74) is 2.17. The fourth-order valence-corrected chi connectivity index (χ4v) is 2.95. The van der Waals surface area contributed by atoms with Crippen molar-refractivity contribution in [3.8, 4) is 0 Å². The van der Waals surface area contributed by atoms with Gasteiger partial charge in [-0.05, 0) is 29.9 Å². The first-order chi connectivity index (χ1) is 11.2. The molecule has 1 aliphatic rings. The van der Waals surface area contributed by atoms with Crippen molar-refractivity contribution in [2.24, 2.45) is 0 Å². The number of carbonyl (C=O) groups is 2. The number of likely N-dealkylation sites (N-methyl/N-ethyl adjacent to an activating group) is 1. The van der Waals surface area contributed by atoms with Crippen molar-refractivity contribution in [2.75, 3.05) is 27.2 Å². The maximum atomic E-state index is 12.8. The number of carbonyl (C=O) groups excluding carboxylic acids is 2. The van der Waals surface area contributed by atoms with Crippen LogP contribution in [0, 0.1) is 0 Å². The van der Waals surface area contributed by atoms with Crippen LogP contribution in [0.25, 0.3) is 0 Å². The minimum Gasteiger partial charge on any atom is -0.347 e. The third-order valence-corrected chi connectivity index (χ3v) is 4.23. The molecule has 0 spiro atoms. The van der Waals surface area contributed by atoms with Gasteiger partial charge in [0.15, 0.2) is 0 Å². The summed E-state index contributed by atoms with van der Waals surface area (Å²) in [6.07, 6.45) is -2.97.